The Morgan fingerprint density at radius 1 is 1.80 bits per heavy atom. The van der Waals surface area contributed by atoms with Crippen LogP contribution in [0, 0.1) is 5.92 Å². The van der Waals surface area contributed by atoms with Crippen molar-refractivity contribution in [2.75, 3.05) is 20.1 Å². The number of rotatable bonds is 1. The minimum absolute atomic E-state index is 0.0845. The van der Waals surface area contributed by atoms with Gasteiger partial charge < -0.3 is 10.6 Å². The van der Waals surface area contributed by atoms with E-state index in [1.54, 1.807) is 0 Å². The Hall–Kier alpha value is -0.830. The maximum Gasteiger partial charge on any atom is 0.225 e. The number of hydrogen-bond donors (Lipinski definition) is 1. The molecule has 1 atom stereocenters. The van der Waals surface area contributed by atoms with Gasteiger partial charge in [-0.05, 0) is 7.05 Å². The van der Waals surface area contributed by atoms with Gasteiger partial charge in [0.25, 0.3) is 0 Å². The van der Waals surface area contributed by atoms with Crippen molar-refractivity contribution in [3.8, 4) is 0 Å². The normalized spacial score (nSPS) is 26.7. The molecule has 0 aromatic carbocycles. The third-order valence-electron chi connectivity index (χ3n) is 1.66. The lowest BCUT2D eigenvalue weighted by Crippen LogP contribution is -2.35. The van der Waals surface area contributed by atoms with Crippen molar-refractivity contribution in [1.82, 2.24) is 4.90 Å². The van der Waals surface area contributed by atoms with Gasteiger partial charge in [0.15, 0.2) is 0 Å². The summed E-state index contributed by atoms with van der Waals surface area (Å²) in [5, 5.41) is 0. The Bertz CT molecular complexity index is 165. The Morgan fingerprint density at radius 3 is 2.90 bits per heavy atom. The molecule has 3 heteroatoms. The molecule has 1 rings (SSSR count). The van der Waals surface area contributed by atoms with Gasteiger partial charge in [0.05, 0.1) is 5.92 Å². The highest BCUT2D eigenvalue weighted by atomic mass is 16.1. The van der Waals surface area contributed by atoms with Gasteiger partial charge in [-0.1, -0.05) is 12.2 Å². The summed E-state index contributed by atoms with van der Waals surface area (Å²) in [5.41, 5.74) is 5.11. The summed E-state index contributed by atoms with van der Waals surface area (Å²) in [5.74, 6) is -0.318. The molecule has 10 heavy (non-hydrogen) atoms. The number of amides is 1. The van der Waals surface area contributed by atoms with Crippen molar-refractivity contribution < 1.29 is 4.79 Å². The second kappa shape index (κ2) is 2.84. The average molecular weight is 140 g/mol. The molecule has 1 heterocycles. The zero-order valence-corrected chi connectivity index (χ0v) is 6.08. The molecule has 2 N–H and O–H groups in total. The maximum absolute atomic E-state index is 10.6. The lowest BCUT2D eigenvalue weighted by molar-refractivity contribution is -0.121. The van der Waals surface area contributed by atoms with Crippen molar-refractivity contribution in [2.45, 2.75) is 0 Å². The third kappa shape index (κ3) is 1.57. The molecule has 0 saturated heterocycles. The van der Waals surface area contributed by atoms with Gasteiger partial charge in [-0.25, -0.2) is 0 Å². The first-order valence-electron chi connectivity index (χ1n) is 3.34. The Kier molecular flexibility index (Phi) is 2.06. The molecule has 0 aromatic rings. The van der Waals surface area contributed by atoms with Crippen molar-refractivity contribution >= 4 is 5.91 Å². The highest BCUT2D eigenvalue weighted by molar-refractivity contribution is 5.78. The molecule has 1 unspecified atom stereocenters. The molecule has 0 radical (unpaired) electrons. The van der Waals surface area contributed by atoms with Gasteiger partial charge in [0.1, 0.15) is 0 Å². The van der Waals surface area contributed by atoms with E-state index >= 15 is 0 Å². The van der Waals surface area contributed by atoms with Crippen molar-refractivity contribution in [1.29, 1.82) is 0 Å². The summed E-state index contributed by atoms with van der Waals surface area (Å²) in [6.45, 7) is 1.68. The van der Waals surface area contributed by atoms with Gasteiger partial charge in [-0.15, -0.1) is 0 Å². The topological polar surface area (TPSA) is 46.3 Å². The summed E-state index contributed by atoms with van der Waals surface area (Å²) >= 11 is 0. The summed E-state index contributed by atoms with van der Waals surface area (Å²) in [6, 6.07) is 0. The van der Waals surface area contributed by atoms with E-state index in [1.807, 2.05) is 19.2 Å². The predicted octanol–water partition coefficient (Wildman–Crippen LogP) is -0.410. The largest absolute Gasteiger partial charge is 0.369 e. The van der Waals surface area contributed by atoms with E-state index in [0.29, 0.717) is 0 Å². The fraction of sp³-hybridized carbons (Fsp3) is 0.571. The van der Waals surface area contributed by atoms with Crippen molar-refractivity contribution in [3.05, 3.63) is 12.2 Å². The highest BCUT2D eigenvalue weighted by Gasteiger charge is 2.16. The minimum atomic E-state index is -0.234. The number of hydrogen-bond acceptors (Lipinski definition) is 2. The number of nitrogens with zero attached hydrogens (tertiary/aromatic N) is 1. The van der Waals surface area contributed by atoms with E-state index in [-0.39, 0.29) is 11.8 Å². The average Bonchev–Trinajstić information content (AvgIpc) is 1.88. The molecule has 3 nitrogen and oxygen atoms in total. The van der Waals surface area contributed by atoms with Crippen LogP contribution in [0.25, 0.3) is 0 Å². The second-order valence-corrected chi connectivity index (χ2v) is 2.66. The van der Waals surface area contributed by atoms with E-state index in [1.165, 1.54) is 0 Å². The van der Waals surface area contributed by atoms with Gasteiger partial charge in [0, 0.05) is 13.1 Å². The van der Waals surface area contributed by atoms with Crippen molar-refractivity contribution in [3.63, 3.8) is 0 Å². The molecule has 0 bridgehead atoms. The molecule has 1 aliphatic rings. The van der Waals surface area contributed by atoms with Crippen LogP contribution in [0.3, 0.4) is 0 Å². The first-order valence-corrected chi connectivity index (χ1v) is 3.34. The smallest absolute Gasteiger partial charge is 0.225 e. The molecule has 0 saturated carbocycles. The van der Waals surface area contributed by atoms with Crippen LogP contribution in [0.1, 0.15) is 0 Å². The molecule has 0 aromatic heterocycles. The monoisotopic (exact) mass is 140 g/mol. The molecule has 0 aliphatic carbocycles. The maximum atomic E-state index is 10.6. The first-order chi connectivity index (χ1) is 4.70. The number of likely N-dealkylation sites (N-methyl/N-ethyl adjacent to an activating group) is 1. The molecular weight excluding hydrogens is 128 g/mol. The quantitative estimate of drug-likeness (QED) is 0.503. The lowest BCUT2D eigenvalue weighted by atomic mass is 10.1. The number of primary amides is 1. The van der Waals surface area contributed by atoms with Crippen LogP contribution in [0.15, 0.2) is 12.2 Å². The van der Waals surface area contributed by atoms with Crippen LogP contribution in [0.2, 0.25) is 0 Å². The van der Waals surface area contributed by atoms with Crippen LogP contribution in [0.4, 0.5) is 0 Å². The fourth-order valence-electron chi connectivity index (χ4n) is 1.06. The minimum Gasteiger partial charge on any atom is -0.369 e. The number of nitrogens with two attached hydrogens (primary N) is 1. The summed E-state index contributed by atoms with van der Waals surface area (Å²) in [4.78, 5) is 12.7. The van der Waals surface area contributed by atoms with Gasteiger partial charge in [-0.3, -0.25) is 4.79 Å². The van der Waals surface area contributed by atoms with Crippen LogP contribution < -0.4 is 5.73 Å². The molecule has 1 aliphatic heterocycles. The molecule has 1 amide bonds. The second-order valence-electron chi connectivity index (χ2n) is 2.66. The van der Waals surface area contributed by atoms with Crippen LogP contribution in [-0.4, -0.2) is 30.9 Å². The molecule has 0 spiro atoms. The van der Waals surface area contributed by atoms with E-state index < -0.39 is 0 Å². The van der Waals surface area contributed by atoms with Crippen molar-refractivity contribution in [2.24, 2.45) is 11.7 Å². The number of carbonyl (C=O) groups excluding carboxylic acids is 1. The Morgan fingerprint density at radius 2 is 2.50 bits per heavy atom. The third-order valence-corrected chi connectivity index (χ3v) is 1.66. The lowest BCUT2D eigenvalue weighted by Gasteiger charge is -2.22. The zero-order valence-electron chi connectivity index (χ0n) is 6.08. The van der Waals surface area contributed by atoms with Gasteiger partial charge >= 0.3 is 0 Å². The Balaban J connectivity index is 2.55. The summed E-state index contributed by atoms with van der Waals surface area (Å²) in [7, 11) is 1.97. The summed E-state index contributed by atoms with van der Waals surface area (Å²) < 4.78 is 0. The number of carbonyl (C=O) groups is 1. The fourth-order valence-corrected chi connectivity index (χ4v) is 1.06. The van der Waals surface area contributed by atoms with E-state index in [9.17, 15) is 4.79 Å². The Labute approximate surface area is 60.5 Å². The van der Waals surface area contributed by atoms with Gasteiger partial charge in [-0.2, -0.15) is 0 Å². The van der Waals surface area contributed by atoms with Gasteiger partial charge in [0.2, 0.25) is 5.91 Å². The van der Waals surface area contributed by atoms with Crippen LogP contribution >= 0.6 is 0 Å². The standard InChI is InChI=1S/C7H12N2O/c1-9-4-2-3-6(5-9)7(8)10/h2-3,6H,4-5H2,1H3,(H2,8,10). The molecule has 56 valence electrons. The zero-order chi connectivity index (χ0) is 7.56. The van der Waals surface area contributed by atoms with Crippen LogP contribution in [0.5, 0.6) is 0 Å². The molecule has 0 fully saturated rings. The van der Waals surface area contributed by atoms with E-state index in [4.69, 9.17) is 5.73 Å². The van der Waals surface area contributed by atoms with E-state index in [0.717, 1.165) is 13.1 Å². The van der Waals surface area contributed by atoms with Crippen LogP contribution in [-0.2, 0) is 4.79 Å². The SMILES string of the molecule is CN1CC=CC(C(N)=O)C1. The highest BCUT2D eigenvalue weighted by Crippen LogP contribution is 2.05. The predicted molar refractivity (Wildman–Crippen MR) is 39.3 cm³/mol. The van der Waals surface area contributed by atoms with E-state index in [2.05, 4.69) is 4.90 Å². The molecular formula is C7H12N2O. The first kappa shape index (κ1) is 7.28. The summed E-state index contributed by atoms with van der Waals surface area (Å²) in [6.07, 6.45) is 3.85.